The zero-order chi connectivity index (χ0) is 11.3. The van der Waals surface area contributed by atoms with Crippen LogP contribution >= 0.6 is 11.6 Å². The van der Waals surface area contributed by atoms with Gasteiger partial charge in [-0.3, -0.25) is 10.1 Å². The molecular formula is C10H10ClNO3. The van der Waals surface area contributed by atoms with E-state index in [0.29, 0.717) is 5.56 Å². The van der Waals surface area contributed by atoms with Crippen molar-refractivity contribution >= 4 is 17.3 Å². The standard InChI is InChI=1S/C10H10ClNO3/c1-2-5-15-10-4-3-8(7-11)6-9(10)12(13)14/h2-4,6H,1,5,7H2. The third kappa shape index (κ3) is 2.95. The highest BCUT2D eigenvalue weighted by molar-refractivity contribution is 6.17. The van der Waals surface area contributed by atoms with Crippen molar-refractivity contribution in [2.45, 2.75) is 5.88 Å². The number of hydrogen-bond acceptors (Lipinski definition) is 3. The van der Waals surface area contributed by atoms with Crippen LogP contribution in [0.15, 0.2) is 30.9 Å². The van der Waals surface area contributed by atoms with E-state index in [4.69, 9.17) is 16.3 Å². The monoisotopic (exact) mass is 227 g/mol. The topological polar surface area (TPSA) is 52.4 Å². The molecule has 0 radical (unpaired) electrons. The van der Waals surface area contributed by atoms with Gasteiger partial charge in [-0.1, -0.05) is 18.7 Å². The zero-order valence-corrected chi connectivity index (χ0v) is 8.74. The van der Waals surface area contributed by atoms with Crippen molar-refractivity contribution in [3.8, 4) is 5.75 Å². The van der Waals surface area contributed by atoms with E-state index >= 15 is 0 Å². The molecule has 0 fully saturated rings. The Balaban J connectivity index is 3.03. The van der Waals surface area contributed by atoms with E-state index in [-0.39, 0.29) is 23.9 Å². The summed E-state index contributed by atoms with van der Waals surface area (Å²) in [6.07, 6.45) is 1.53. The van der Waals surface area contributed by atoms with Gasteiger partial charge < -0.3 is 4.74 Å². The van der Waals surface area contributed by atoms with Gasteiger partial charge in [0.15, 0.2) is 5.75 Å². The molecule has 15 heavy (non-hydrogen) atoms. The molecule has 0 aromatic heterocycles. The molecule has 0 spiro atoms. The second kappa shape index (κ2) is 5.36. The molecule has 4 nitrogen and oxygen atoms in total. The molecule has 0 heterocycles. The van der Waals surface area contributed by atoms with Gasteiger partial charge >= 0.3 is 5.69 Å². The van der Waals surface area contributed by atoms with Gasteiger partial charge in [0, 0.05) is 11.9 Å². The summed E-state index contributed by atoms with van der Waals surface area (Å²) < 4.78 is 5.14. The van der Waals surface area contributed by atoms with Crippen molar-refractivity contribution in [1.29, 1.82) is 0 Å². The number of alkyl halides is 1. The Hall–Kier alpha value is -1.55. The molecule has 0 aliphatic carbocycles. The molecule has 0 unspecified atom stereocenters. The number of rotatable bonds is 5. The number of nitro benzene ring substituents is 1. The van der Waals surface area contributed by atoms with Crippen LogP contribution in [-0.2, 0) is 5.88 Å². The van der Waals surface area contributed by atoms with Crippen LogP contribution < -0.4 is 4.74 Å². The quantitative estimate of drug-likeness (QED) is 0.336. The Morgan fingerprint density at radius 2 is 2.33 bits per heavy atom. The summed E-state index contributed by atoms with van der Waals surface area (Å²) in [5.74, 6) is 0.469. The fraction of sp³-hybridized carbons (Fsp3) is 0.200. The molecule has 0 saturated heterocycles. The molecule has 0 aliphatic rings. The van der Waals surface area contributed by atoms with Gasteiger partial charge in [-0.15, -0.1) is 11.6 Å². The molecule has 0 saturated carbocycles. The maximum atomic E-state index is 10.7. The highest BCUT2D eigenvalue weighted by Crippen LogP contribution is 2.28. The summed E-state index contributed by atoms with van der Waals surface area (Å²) in [5, 5.41) is 10.7. The van der Waals surface area contributed by atoms with Crippen LogP contribution in [0.1, 0.15) is 5.56 Å². The molecule has 1 aromatic carbocycles. The maximum Gasteiger partial charge on any atom is 0.311 e. The normalized spacial score (nSPS) is 9.67. The number of ether oxygens (including phenoxy) is 1. The summed E-state index contributed by atoms with van der Waals surface area (Å²) in [4.78, 5) is 10.2. The fourth-order valence-corrected chi connectivity index (χ4v) is 1.23. The number of hydrogen-bond donors (Lipinski definition) is 0. The smallest absolute Gasteiger partial charge is 0.311 e. The second-order valence-electron chi connectivity index (χ2n) is 2.79. The van der Waals surface area contributed by atoms with Gasteiger partial charge in [0.05, 0.1) is 4.92 Å². The van der Waals surface area contributed by atoms with E-state index in [1.54, 1.807) is 12.1 Å². The Labute approximate surface area is 92.3 Å². The first kappa shape index (κ1) is 11.5. The van der Waals surface area contributed by atoms with Crippen molar-refractivity contribution in [2.24, 2.45) is 0 Å². The van der Waals surface area contributed by atoms with Gasteiger partial charge in [-0.25, -0.2) is 0 Å². The molecule has 1 aromatic rings. The molecule has 0 bridgehead atoms. The summed E-state index contributed by atoms with van der Waals surface area (Å²) in [6.45, 7) is 3.71. The average Bonchev–Trinajstić information content (AvgIpc) is 2.26. The molecule has 80 valence electrons. The highest BCUT2D eigenvalue weighted by Gasteiger charge is 2.15. The third-order valence-corrected chi connectivity index (χ3v) is 2.04. The predicted octanol–water partition coefficient (Wildman–Crippen LogP) is 2.90. The molecular weight excluding hydrogens is 218 g/mol. The van der Waals surface area contributed by atoms with Crippen LogP contribution in [-0.4, -0.2) is 11.5 Å². The SMILES string of the molecule is C=CCOc1ccc(CCl)cc1[N+](=O)[O-]. The lowest BCUT2D eigenvalue weighted by atomic mass is 10.2. The lowest BCUT2D eigenvalue weighted by Crippen LogP contribution is -1.98. The van der Waals surface area contributed by atoms with Crippen LogP contribution in [0.2, 0.25) is 0 Å². The van der Waals surface area contributed by atoms with Gasteiger partial charge in [0.25, 0.3) is 0 Å². The highest BCUT2D eigenvalue weighted by atomic mass is 35.5. The molecule has 0 N–H and O–H groups in total. The Bertz CT molecular complexity index is 379. The van der Waals surface area contributed by atoms with Crippen LogP contribution in [0.25, 0.3) is 0 Å². The van der Waals surface area contributed by atoms with Crippen molar-refractivity contribution in [2.75, 3.05) is 6.61 Å². The number of halogens is 1. The minimum atomic E-state index is -0.492. The van der Waals surface area contributed by atoms with Crippen molar-refractivity contribution in [1.82, 2.24) is 0 Å². The molecule has 0 atom stereocenters. The number of benzene rings is 1. The van der Waals surface area contributed by atoms with Gasteiger partial charge in [-0.2, -0.15) is 0 Å². The van der Waals surface area contributed by atoms with Gasteiger partial charge in [-0.05, 0) is 11.6 Å². The largest absolute Gasteiger partial charge is 0.483 e. The lowest BCUT2D eigenvalue weighted by Gasteiger charge is -2.04. The molecule has 5 heteroatoms. The van der Waals surface area contributed by atoms with Crippen LogP contribution in [0, 0.1) is 10.1 Å². The van der Waals surface area contributed by atoms with E-state index in [2.05, 4.69) is 6.58 Å². The average molecular weight is 228 g/mol. The fourth-order valence-electron chi connectivity index (χ4n) is 1.06. The molecule has 0 amide bonds. The summed E-state index contributed by atoms with van der Waals surface area (Å²) in [7, 11) is 0. The van der Waals surface area contributed by atoms with E-state index in [0.717, 1.165) is 0 Å². The number of nitrogens with zero attached hydrogens (tertiary/aromatic N) is 1. The number of nitro groups is 1. The molecule has 0 aliphatic heterocycles. The van der Waals surface area contributed by atoms with Crippen molar-refractivity contribution in [3.05, 3.63) is 46.5 Å². The maximum absolute atomic E-state index is 10.7. The summed E-state index contributed by atoms with van der Waals surface area (Å²) in [6, 6.07) is 4.64. The minimum Gasteiger partial charge on any atom is -0.483 e. The lowest BCUT2D eigenvalue weighted by molar-refractivity contribution is -0.385. The Kier molecular flexibility index (Phi) is 4.12. The third-order valence-electron chi connectivity index (χ3n) is 1.73. The summed E-state index contributed by atoms with van der Waals surface area (Å²) in [5.41, 5.74) is 0.615. The Morgan fingerprint density at radius 1 is 1.60 bits per heavy atom. The van der Waals surface area contributed by atoms with Crippen molar-refractivity contribution < 1.29 is 9.66 Å². The van der Waals surface area contributed by atoms with Crippen LogP contribution in [0.4, 0.5) is 5.69 Å². The van der Waals surface area contributed by atoms with Crippen LogP contribution in [0.5, 0.6) is 5.75 Å². The van der Waals surface area contributed by atoms with E-state index < -0.39 is 4.92 Å². The van der Waals surface area contributed by atoms with Crippen molar-refractivity contribution in [3.63, 3.8) is 0 Å². The van der Waals surface area contributed by atoms with E-state index in [9.17, 15) is 10.1 Å². The predicted molar refractivity (Wildman–Crippen MR) is 58.3 cm³/mol. The minimum absolute atomic E-state index is 0.0741. The van der Waals surface area contributed by atoms with Crippen LogP contribution in [0.3, 0.4) is 0 Å². The van der Waals surface area contributed by atoms with Gasteiger partial charge in [0.1, 0.15) is 6.61 Å². The first-order valence-electron chi connectivity index (χ1n) is 4.26. The second-order valence-corrected chi connectivity index (χ2v) is 3.06. The molecule has 1 rings (SSSR count). The Morgan fingerprint density at radius 3 is 2.87 bits per heavy atom. The van der Waals surface area contributed by atoms with E-state index in [1.165, 1.54) is 12.1 Å². The first-order chi connectivity index (χ1) is 7.19. The first-order valence-corrected chi connectivity index (χ1v) is 4.79. The van der Waals surface area contributed by atoms with E-state index in [1.807, 2.05) is 0 Å². The summed E-state index contributed by atoms with van der Waals surface area (Å²) >= 11 is 5.58. The van der Waals surface area contributed by atoms with Gasteiger partial charge in [0.2, 0.25) is 0 Å². The zero-order valence-electron chi connectivity index (χ0n) is 7.98.